The van der Waals surface area contributed by atoms with Crippen LogP contribution in [0.4, 0.5) is 4.79 Å². The molecular formula is C21H23N3O3. The molecule has 0 aliphatic carbocycles. The largest absolute Gasteiger partial charge is 0.465 e. The molecule has 0 saturated heterocycles. The normalized spacial score (nSPS) is 13.1. The average molecular weight is 365 g/mol. The lowest BCUT2D eigenvalue weighted by atomic mass is 10.0. The number of hydrogen-bond acceptors (Lipinski definition) is 2. The van der Waals surface area contributed by atoms with Gasteiger partial charge in [-0.1, -0.05) is 48.5 Å². The number of nitrogens with zero attached hydrogens (tertiary/aromatic N) is 1. The van der Waals surface area contributed by atoms with Crippen LogP contribution in [0.25, 0.3) is 10.9 Å². The fourth-order valence-corrected chi connectivity index (χ4v) is 3.18. The van der Waals surface area contributed by atoms with E-state index in [4.69, 9.17) is 0 Å². The van der Waals surface area contributed by atoms with Crippen LogP contribution in [-0.4, -0.2) is 40.1 Å². The lowest BCUT2D eigenvalue weighted by Gasteiger charge is -2.26. The number of carboxylic acid groups (broad SMARTS) is 1. The van der Waals surface area contributed by atoms with Gasteiger partial charge >= 0.3 is 6.09 Å². The Morgan fingerprint density at radius 1 is 1.11 bits per heavy atom. The molecule has 3 rings (SSSR count). The van der Waals surface area contributed by atoms with Gasteiger partial charge in [0.2, 0.25) is 5.91 Å². The molecule has 0 aliphatic rings. The van der Waals surface area contributed by atoms with E-state index in [0.29, 0.717) is 6.42 Å². The van der Waals surface area contributed by atoms with Crippen molar-refractivity contribution in [1.29, 1.82) is 0 Å². The summed E-state index contributed by atoms with van der Waals surface area (Å²) in [5, 5.41) is 13.4. The van der Waals surface area contributed by atoms with Gasteiger partial charge in [0.1, 0.15) is 6.04 Å². The molecule has 2 aromatic carbocycles. The summed E-state index contributed by atoms with van der Waals surface area (Å²) < 4.78 is 0. The lowest BCUT2D eigenvalue weighted by molar-refractivity contribution is -0.126. The summed E-state index contributed by atoms with van der Waals surface area (Å²) in [6, 6.07) is 16.3. The minimum Gasteiger partial charge on any atom is -0.465 e. The van der Waals surface area contributed by atoms with Gasteiger partial charge < -0.3 is 15.4 Å². The van der Waals surface area contributed by atoms with E-state index in [1.54, 1.807) is 0 Å². The van der Waals surface area contributed by atoms with Crippen LogP contribution in [-0.2, 0) is 11.2 Å². The SMILES string of the molecule is C[C@@H](NC(=O)[C@H](Cc1c[nH]c2ccccc12)N(C)C(=O)O)c1ccccc1. The molecule has 0 spiro atoms. The van der Waals surface area contributed by atoms with Gasteiger partial charge in [0.25, 0.3) is 0 Å². The van der Waals surface area contributed by atoms with E-state index in [2.05, 4.69) is 10.3 Å². The molecule has 27 heavy (non-hydrogen) atoms. The van der Waals surface area contributed by atoms with Crippen LogP contribution in [0, 0.1) is 0 Å². The second-order valence-electron chi connectivity index (χ2n) is 6.61. The molecule has 2 amide bonds. The first-order valence-corrected chi connectivity index (χ1v) is 8.83. The zero-order chi connectivity index (χ0) is 19.4. The molecule has 6 nitrogen and oxygen atoms in total. The topological polar surface area (TPSA) is 85.4 Å². The second-order valence-corrected chi connectivity index (χ2v) is 6.61. The third kappa shape index (κ3) is 4.11. The van der Waals surface area contributed by atoms with E-state index in [1.165, 1.54) is 7.05 Å². The molecule has 3 N–H and O–H groups in total. The number of carbonyl (C=O) groups excluding carboxylic acids is 1. The van der Waals surface area contributed by atoms with Gasteiger partial charge in [0.05, 0.1) is 6.04 Å². The van der Waals surface area contributed by atoms with Crippen LogP contribution in [0.3, 0.4) is 0 Å². The van der Waals surface area contributed by atoms with Gasteiger partial charge in [0, 0.05) is 30.6 Å². The maximum absolute atomic E-state index is 12.9. The highest BCUT2D eigenvalue weighted by atomic mass is 16.4. The predicted molar refractivity (Wildman–Crippen MR) is 105 cm³/mol. The van der Waals surface area contributed by atoms with Gasteiger partial charge in [-0.15, -0.1) is 0 Å². The number of benzene rings is 2. The van der Waals surface area contributed by atoms with Gasteiger partial charge in [-0.3, -0.25) is 9.69 Å². The van der Waals surface area contributed by atoms with E-state index in [0.717, 1.165) is 26.9 Å². The standard InChI is InChI=1S/C21H23N3O3/c1-14(15-8-4-3-5-9-15)23-20(25)19(24(2)21(26)27)12-16-13-22-18-11-7-6-10-17(16)18/h3-11,13-14,19,22H,12H2,1-2H3,(H,23,25)(H,26,27)/t14-,19+/m1/s1. The molecule has 1 heterocycles. The number of hydrogen-bond donors (Lipinski definition) is 3. The Bertz CT molecular complexity index is 936. The number of rotatable bonds is 6. The number of amides is 2. The molecule has 6 heteroatoms. The van der Waals surface area contributed by atoms with Gasteiger partial charge in [-0.2, -0.15) is 0 Å². The Labute approximate surface area is 157 Å². The van der Waals surface area contributed by atoms with Crippen molar-refractivity contribution < 1.29 is 14.7 Å². The van der Waals surface area contributed by atoms with Crippen molar-refractivity contribution >= 4 is 22.9 Å². The number of nitrogens with one attached hydrogen (secondary N) is 2. The summed E-state index contributed by atoms with van der Waals surface area (Å²) >= 11 is 0. The van der Waals surface area contributed by atoms with Gasteiger partial charge in [-0.25, -0.2) is 4.79 Å². The molecule has 1 aromatic heterocycles. The first-order chi connectivity index (χ1) is 13.0. The Morgan fingerprint density at radius 3 is 2.48 bits per heavy atom. The van der Waals surface area contributed by atoms with Crippen LogP contribution in [0.5, 0.6) is 0 Å². The molecule has 0 radical (unpaired) electrons. The average Bonchev–Trinajstić information content (AvgIpc) is 3.09. The fraction of sp³-hybridized carbons (Fsp3) is 0.238. The monoisotopic (exact) mass is 365 g/mol. The van der Waals surface area contributed by atoms with E-state index < -0.39 is 12.1 Å². The van der Waals surface area contributed by atoms with Crippen LogP contribution in [0.1, 0.15) is 24.1 Å². The van der Waals surface area contributed by atoms with Crippen molar-refractivity contribution in [3.05, 3.63) is 71.9 Å². The third-order valence-corrected chi connectivity index (χ3v) is 4.82. The quantitative estimate of drug-likeness (QED) is 0.624. The van der Waals surface area contributed by atoms with Crippen molar-refractivity contribution in [2.75, 3.05) is 7.05 Å². The summed E-state index contributed by atoms with van der Waals surface area (Å²) in [5.41, 5.74) is 2.84. The summed E-state index contributed by atoms with van der Waals surface area (Å²) in [6.45, 7) is 1.89. The smallest absolute Gasteiger partial charge is 0.407 e. The Hall–Kier alpha value is -3.28. The summed E-state index contributed by atoms with van der Waals surface area (Å²) in [7, 11) is 1.43. The van der Waals surface area contributed by atoms with Crippen molar-refractivity contribution in [2.45, 2.75) is 25.4 Å². The van der Waals surface area contributed by atoms with Crippen molar-refractivity contribution in [3.8, 4) is 0 Å². The number of aromatic amines is 1. The molecule has 2 atom stereocenters. The van der Waals surface area contributed by atoms with Gasteiger partial charge in [0.15, 0.2) is 0 Å². The number of H-pyrrole nitrogens is 1. The fourth-order valence-electron chi connectivity index (χ4n) is 3.18. The second kappa shape index (κ2) is 7.95. The molecule has 0 unspecified atom stereocenters. The zero-order valence-corrected chi connectivity index (χ0v) is 15.3. The molecule has 0 aliphatic heterocycles. The van der Waals surface area contributed by atoms with Crippen LogP contribution < -0.4 is 5.32 Å². The highest BCUT2D eigenvalue weighted by Gasteiger charge is 2.29. The molecule has 3 aromatic rings. The summed E-state index contributed by atoms with van der Waals surface area (Å²) in [5.74, 6) is -0.318. The van der Waals surface area contributed by atoms with Crippen molar-refractivity contribution in [3.63, 3.8) is 0 Å². The Kier molecular flexibility index (Phi) is 5.45. The van der Waals surface area contributed by atoms with Crippen LogP contribution in [0.15, 0.2) is 60.8 Å². The number of likely N-dealkylation sites (N-methyl/N-ethyl adjacent to an activating group) is 1. The minimum absolute atomic E-state index is 0.216. The minimum atomic E-state index is -1.14. The van der Waals surface area contributed by atoms with E-state index in [1.807, 2.05) is 67.7 Å². The van der Waals surface area contributed by atoms with E-state index in [9.17, 15) is 14.7 Å². The van der Waals surface area contributed by atoms with Gasteiger partial charge in [-0.05, 0) is 24.1 Å². The number of aromatic nitrogens is 1. The highest BCUT2D eigenvalue weighted by Crippen LogP contribution is 2.21. The maximum Gasteiger partial charge on any atom is 0.407 e. The molecule has 0 fully saturated rings. The third-order valence-electron chi connectivity index (χ3n) is 4.82. The molecule has 0 bridgehead atoms. The van der Waals surface area contributed by atoms with Crippen LogP contribution >= 0.6 is 0 Å². The summed E-state index contributed by atoms with van der Waals surface area (Å²) in [6.07, 6.45) is 0.990. The Morgan fingerprint density at radius 2 is 1.78 bits per heavy atom. The summed E-state index contributed by atoms with van der Waals surface area (Å²) in [4.78, 5) is 28.7. The van der Waals surface area contributed by atoms with E-state index >= 15 is 0 Å². The first-order valence-electron chi connectivity index (χ1n) is 8.83. The number of fused-ring (bicyclic) bond motifs is 1. The van der Waals surface area contributed by atoms with Crippen molar-refractivity contribution in [1.82, 2.24) is 15.2 Å². The zero-order valence-electron chi connectivity index (χ0n) is 15.3. The maximum atomic E-state index is 12.9. The molecule has 140 valence electrons. The Balaban J connectivity index is 1.82. The molecule has 0 saturated carbocycles. The lowest BCUT2D eigenvalue weighted by Crippen LogP contribution is -2.49. The molecular weight excluding hydrogens is 342 g/mol. The predicted octanol–water partition coefficient (Wildman–Crippen LogP) is 3.57. The first kappa shape index (κ1) is 18.5. The highest BCUT2D eigenvalue weighted by molar-refractivity contribution is 5.88. The number of para-hydroxylation sites is 1. The van der Waals surface area contributed by atoms with E-state index in [-0.39, 0.29) is 11.9 Å². The van der Waals surface area contributed by atoms with Crippen LogP contribution in [0.2, 0.25) is 0 Å². The van der Waals surface area contributed by atoms with Crippen molar-refractivity contribution in [2.24, 2.45) is 0 Å². The number of carbonyl (C=O) groups is 2.